The Balaban J connectivity index is 1.91. The Kier molecular flexibility index (Phi) is 2.97. The quantitative estimate of drug-likeness (QED) is 0.829. The number of hydrogen-bond acceptors (Lipinski definition) is 5. The molecule has 6 heteroatoms. The second-order valence-corrected chi connectivity index (χ2v) is 5.84. The van der Waals surface area contributed by atoms with Crippen LogP contribution in [-0.2, 0) is 33.1 Å². The Morgan fingerprint density at radius 3 is 2.90 bits per heavy atom. The van der Waals surface area contributed by atoms with E-state index in [0.717, 1.165) is 11.3 Å². The van der Waals surface area contributed by atoms with Crippen molar-refractivity contribution in [3.8, 4) is 0 Å². The number of aromatic nitrogens is 1. The molecule has 0 bridgehead atoms. The Hall–Kier alpha value is -1.21. The summed E-state index contributed by atoms with van der Waals surface area (Å²) in [4.78, 5) is 12.7. The lowest BCUT2D eigenvalue weighted by Crippen LogP contribution is -2.36. The summed E-state index contributed by atoms with van der Waals surface area (Å²) in [5.74, 6) is -0.943. The number of pyridine rings is 1. The lowest BCUT2D eigenvalue weighted by atomic mass is 9.89. The summed E-state index contributed by atoms with van der Waals surface area (Å²) >= 11 is 0. The maximum absolute atomic E-state index is 12.7. The van der Waals surface area contributed by atoms with Gasteiger partial charge in [0.25, 0.3) is 5.56 Å². The molecule has 21 heavy (non-hydrogen) atoms. The third-order valence-corrected chi connectivity index (χ3v) is 4.83. The zero-order valence-electron chi connectivity index (χ0n) is 12.0. The molecule has 1 aromatic heterocycles. The standard InChI is InChI=1S/C15H19NO5/c1-2-9-10-7-12-15(20-5-6-21-15)3-4-16(12)13(17)11(10)8-19-14(9)18/h7,9,14,18H,2-6,8H2,1H3. The first-order chi connectivity index (χ1) is 10.2. The van der Waals surface area contributed by atoms with Crippen LogP contribution in [0.25, 0.3) is 0 Å². The van der Waals surface area contributed by atoms with Gasteiger partial charge in [0.2, 0.25) is 5.79 Å². The molecule has 2 unspecified atom stereocenters. The number of rotatable bonds is 1. The first kappa shape index (κ1) is 13.5. The maximum Gasteiger partial charge on any atom is 0.256 e. The summed E-state index contributed by atoms with van der Waals surface area (Å²) < 4.78 is 18.7. The Morgan fingerprint density at radius 1 is 1.43 bits per heavy atom. The minimum Gasteiger partial charge on any atom is -0.367 e. The van der Waals surface area contributed by atoms with Crippen molar-refractivity contribution < 1.29 is 19.3 Å². The molecule has 1 aromatic rings. The van der Waals surface area contributed by atoms with E-state index in [4.69, 9.17) is 14.2 Å². The van der Waals surface area contributed by atoms with Gasteiger partial charge in [0.05, 0.1) is 25.5 Å². The van der Waals surface area contributed by atoms with Crippen molar-refractivity contribution in [1.82, 2.24) is 4.57 Å². The van der Waals surface area contributed by atoms with E-state index >= 15 is 0 Å². The summed E-state index contributed by atoms with van der Waals surface area (Å²) in [6.45, 7) is 3.85. The van der Waals surface area contributed by atoms with E-state index in [1.165, 1.54) is 0 Å². The van der Waals surface area contributed by atoms with Gasteiger partial charge in [-0.25, -0.2) is 0 Å². The van der Waals surface area contributed by atoms with Crippen LogP contribution in [0.15, 0.2) is 10.9 Å². The first-order valence-corrected chi connectivity index (χ1v) is 7.51. The van der Waals surface area contributed by atoms with Crippen molar-refractivity contribution in [2.24, 2.45) is 0 Å². The molecule has 4 rings (SSSR count). The minimum atomic E-state index is -0.854. The minimum absolute atomic E-state index is 0.0381. The van der Waals surface area contributed by atoms with Gasteiger partial charge in [-0.15, -0.1) is 0 Å². The molecule has 114 valence electrons. The number of ether oxygens (including phenoxy) is 3. The lowest BCUT2D eigenvalue weighted by Gasteiger charge is -2.31. The van der Waals surface area contributed by atoms with Gasteiger partial charge >= 0.3 is 0 Å². The van der Waals surface area contributed by atoms with Crippen LogP contribution in [0, 0.1) is 0 Å². The van der Waals surface area contributed by atoms with E-state index < -0.39 is 12.1 Å². The number of aliphatic hydroxyl groups is 1. The fourth-order valence-electron chi connectivity index (χ4n) is 3.72. The van der Waals surface area contributed by atoms with Gasteiger partial charge in [-0.05, 0) is 18.1 Å². The molecule has 1 spiro atoms. The smallest absolute Gasteiger partial charge is 0.256 e. The van der Waals surface area contributed by atoms with Crippen LogP contribution < -0.4 is 5.56 Å². The fraction of sp³-hybridized carbons (Fsp3) is 0.667. The van der Waals surface area contributed by atoms with Crippen LogP contribution in [0.3, 0.4) is 0 Å². The number of fused-ring (bicyclic) bond motifs is 3. The van der Waals surface area contributed by atoms with E-state index in [-0.39, 0.29) is 18.1 Å². The molecule has 3 aliphatic rings. The van der Waals surface area contributed by atoms with E-state index in [1.807, 2.05) is 13.0 Å². The van der Waals surface area contributed by atoms with Crippen molar-refractivity contribution in [1.29, 1.82) is 0 Å². The van der Waals surface area contributed by atoms with Gasteiger partial charge in [0, 0.05) is 24.4 Å². The molecule has 0 aliphatic carbocycles. The van der Waals surface area contributed by atoms with Gasteiger partial charge in [-0.2, -0.15) is 0 Å². The first-order valence-electron chi connectivity index (χ1n) is 7.51. The second-order valence-electron chi connectivity index (χ2n) is 5.84. The van der Waals surface area contributed by atoms with Gasteiger partial charge in [0.1, 0.15) is 0 Å². The van der Waals surface area contributed by atoms with Gasteiger partial charge in [-0.1, -0.05) is 6.92 Å². The topological polar surface area (TPSA) is 69.9 Å². The van der Waals surface area contributed by atoms with Crippen molar-refractivity contribution in [3.63, 3.8) is 0 Å². The maximum atomic E-state index is 12.7. The molecular formula is C15H19NO5. The molecular weight excluding hydrogens is 274 g/mol. The van der Waals surface area contributed by atoms with E-state index in [0.29, 0.717) is 38.2 Å². The van der Waals surface area contributed by atoms with Crippen molar-refractivity contribution in [2.75, 3.05) is 13.2 Å². The third kappa shape index (κ3) is 1.76. The normalized spacial score (nSPS) is 29.6. The molecule has 1 fully saturated rings. The van der Waals surface area contributed by atoms with Crippen LogP contribution in [-0.4, -0.2) is 29.2 Å². The van der Waals surface area contributed by atoms with Crippen LogP contribution in [0.4, 0.5) is 0 Å². The summed E-state index contributed by atoms with van der Waals surface area (Å²) in [5.41, 5.74) is 2.29. The van der Waals surface area contributed by atoms with Gasteiger partial charge < -0.3 is 23.9 Å². The third-order valence-electron chi connectivity index (χ3n) is 4.83. The van der Waals surface area contributed by atoms with Crippen LogP contribution in [0.1, 0.15) is 42.5 Å². The molecule has 0 saturated carbocycles. The molecule has 3 aliphatic heterocycles. The Bertz CT molecular complexity index is 625. The van der Waals surface area contributed by atoms with E-state index in [9.17, 15) is 9.90 Å². The summed E-state index contributed by atoms with van der Waals surface area (Å²) in [5, 5.41) is 10.0. The molecule has 1 N–H and O–H groups in total. The number of aliphatic hydroxyl groups excluding tert-OH is 1. The molecule has 2 atom stereocenters. The van der Waals surface area contributed by atoms with Crippen molar-refractivity contribution >= 4 is 0 Å². The van der Waals surface area contributed by atoms with Crippen LogP contribution in [0.2, 0.25) is 0 Å². The predicted molar refractivity (Wildman–Crippen MR) is 72.7 cm³/mol. The lowest BCUT2D eigenvalue weighted by molar-refractivity contribution is -0.164. The predicted octanol–water partition coefficient (Wildman–Crippen LogP) is 0.794. The molecule has 4 heterocycles. The number of nitrogens with zero attached hydrogens (tertiary/aromatic N) is 1. The Labute approximate surface area is 122 Å². The van der Waals surface area contributed by atoms with Crippen molar-refractivity contribution in [2.45, 2.75) is 50.9 Å². The van der Waals surface area contributed by atoms with Gasteiger partial charge in [-0.3, -0.25) is 4.79 Å². The van der Waals surface area contributed by atoms with Crippen LogP contribution in [0.5, 0.6) is 0 Å². The monoisotopic (exact) mass is 293 g/mol. The zero-order valence-corrected chi connectivity index (χ0v) is 12.0. The van der Waals surface area contributed by atoms with Crippen LogP contribution >= 0.6 is 0 Å². The average molecular weight is 293 g/mol. The molecule has 0 amide bonds. The van der Waals surface area contributed by atoms with E-state index in [2.05, 4.69) is 0 Å². The highest BCUT2D eigenvalue weighted by Crippen LogP contribution is 2.42. The summed E-state index contributed by atoms with van der Waals surface area (Å²) in [7, 11) is 0. The SMILES string of the molecule is CCC1c2cc3n(c(=O)c2COC1O)CCC31OCCO1. The van der Waals surface area contributed by atoms with Gasteiger partial charge in [0.15, 0.2) is 6.29 Å². The average Bonchev–Trinajstić information content (AvgIpc) is 3.09. The largest absolute Gasteiger partial charge is 0.367 e. The summed E-state index contributed by atoms with van der Waals surface area (Å²) in [6, 6.07) is 1.98. The fourth-order valence-corrected chi connectivity index (χ4v) is 3.72. The second kappa shape index (κ2) is 4.64. The Morgan fingerprint density at radius 2 is 2.19 bits per heavy atom. The number of hydrogen-bond donors (Lipinski definition) is 1. The highest BCUT2D eigenvalue weighted by molar-refractivity contribution is 5.35. The summed E-state index contributed by atoms with van der Waals surface area (Å²) in [6.07, 6.45) is 0.518. The molecule has 1 saturated heterocycles. The molecule has 0 aromatic carbocycles. The molecule has 6 nitrogen and oxygen atoms in total. The highest BCUT2D eigenvalue weighted by Gasteiger charge is 2.46. The molecule has 0 radical (unpaired) electrons. The van der Waals surface area contributed by atoms with E-state index in [1.54, 1.807) is 4.57 Å². The zero-order chi connectivity index (χ0) is 14.6. The van der Waals surface area contributed by atoms with Crippen molar-refractivity contribution in [3.05, 3.63) is 33.2 Å². The highest BCUT2D eigenvalue weighted by atomic mass is 16.7.